The van der Waals surface area contributed by atoms with Crippen LogP contribution in [0.1, 0.15) is 38.1 Å². The second-order valence-electron chi connectivity index (χ2n) is 5.85. The Balaban J connectivity index is 1.68. The summed E-state index contributed by atoms with van der Waals surface area (Å²) in [5.41, 5.74) is 1.21. The summed E-state index contributed by atoms with van der Waals surface area (Å²) in [6.07, 6.45) is 2.97. The SMILES string of the molecule is CCn1c(Cc2ccccc2)nnc1S[C@H](C)C(=O)NC1CC1. The highest BCUT2D eigenvalue weighted by Gasteiger charge is 2.27. The summed E-state index contributed by atoms with van der Waals surface area (Å²) < 4.78 is 2.10. The lowest BCUT2D eigenvalue weighted by molar-refractivity contribution is -0.120. The van der Waals surface area contributed by atoms with Crippen LogP contribution in [0.2, 0.25) is 0 Å². The Morgan fingerprint density at radius 1 is 1.35 bits per heavy atom. The molecule has 6 heteroatoms. The lowest BCUT2D eigenvalue weighted by atomic mass is 10.1. The molecule has 0 aliphatic heterocycles. The number of benzene rings is 1. The first-order valence-electron chi connectivity index (χ1n) is 8.10. The molecule has 5 nitrogen and oxygen atoms in total. The fourth-order valence-corrected chi connectivity index (χ4v) is 3.33. The molecule has 3 rings (SSSR count). The average molecular weight is 330 g/mol. The summed E-state index contributed by atoms with van der Waals surface area (Å²) in [6.45, 7) is 4.80. The Bertz CT molecular complexity index is 666. The van der Waals surface area contributed by atoms with Gasteiger partial charge >= 0.3 is 0 Å². The molecule has 1 aromatic heterocycles. The number of aromatic nitrogens is 3. The van der Waals surface area contributed by atoms with Gasteiger partial charge in [0.2, 0.25) is 5.91 Å². The molecule has 1 aliphatic carbocycles. The fraction of sp³-hybridized carbons (Fsp3) is 0.471. The van der Waals surface area contributed by atoms with Crippen LogP contribution >= 0.6 is 11.8 Å². The Labute approximate surface area is 140 Å². The second-order valence-corrected chi connectivity index (χ2v) is 7.16. The zero-order valence-corrected chi connectivity index (χ0v) is 14.3. The molecule has 1 fully saturated rings. The first kappa shape index (κ1) is 16.1. The molecule has 1 N–H and O–H groups in total. The summed E-state index contributed by atoms with van der Waals surface area (Å²) in [5.74, 6) is 1.03. The van der Waals surface area contributed by atoms with Crippen LogP contribution in [0, 0.1) is 0 Å². The van der Waals surface area contributed by atoms with Crippen molar-refractivity contribution in [1.29, 1.82) is 0 Å². The maximum absolute atomic E-state index is 12.1. The van der Waals surface area contributed by atoms with Crippen LogP contribution in [0.25, 0.3) is 0 Å². The van der Waals surface area contributed by atoms with Crippen molar-refractivity contribution in [3.8, 4) is 0 Å². The molecule has 1 atom stereocenters. The monoisotopic (exact) mass is 330 g/mol. The van der Waals surface area contributed by atoms with E-state index in [1.54, 1.807) is 0 Å². The minimum atomic E-state index is -0.158. The number of hydrogen-bond donors (Lipinski definition) is 1. The quantitative estimate of drug-likeness (QED) is 0.793. The lowest BCUT2D eigenvalue weighted by Crippen LogP contribution is -2.32. The third kappa shape index (κ3) is 4.13. The van der Waals surface area contributed by atoms with E-state index < -0.39 is 0 Å². The third-order valence-corrected chi connectivity index (χ3v) is 4.97. The minimum Gasteiger partial charge on any atom is -0.352 e. The van der Waals surface area contributed by atoms with E-state index in [1.807, 2.05) is 25.1 Å². The summed E-state index contributed by atoms with van der Waals surface area (Å²) in [6, 6.07) is 10.6. The molecule has 23 heavy (non-hydrogen) atoms. The van der Waals surface area contributed by atoms with Crippen LogP contribution in [0.4, 0.5) is 0 Å². The Hall–Kier alpha value is -1.82. The standard InChI is InChI=1S/C17H22N4OS/c1-3-21-15(11-13-7-5-4-6-8-13)19-20-17(21)23-12(2)16(22)18-14-9-10-14/h4-8,12,14H,3,9-11H2,1-2H3,(H,18,22)/t12-/m1/s1. The van der Waals surface area contributed by atoms with Gasteiger partial charge in [0.15, 0.2) is 5.16 Å². The number of nitrogens with one attached hydrogen (secondary N) is 1. The maximum atomic E-state index is 12.1. The smallest absolute Gasteiger partial charge is 0.233 e. The van der Waals surface area contributed by atoms with Crippen molar-refractivity contribution in [2.24, 2.45) is 0 Å². The van der Waals surface area contributed by atoms with Gasteiger partial charge in [-0.1, -0.05) is 42.1 Å². The molecular weight excluding hydrogens is 308 g/mol. The number of thioether (sulfide) groups is 1. The molecule has 0 saturated heterocycles. The van der Waals surface area contributed by atoms with E-state index in [9.17, 15) is 4.79 Å². The van der Waals surface area contributed by atoms with Crippen LogP contribution in [0.5, 0.6) is 0 Å². The van der Waals surface area contributed by atoms with E-state index in [4.69, 9.17) is 0 Å². The number of rotatable bonds is 7. The normalized spacial score (nSPS) is 15.4. The fourth-order valence-electron chi connectivity index (χ4n) is 2.39. The van der Waals surface area contributed by atoms with Gasteiger partial charge in [0.25, 0.3) is 0 Å². The van der Waals surface area contributed by atoms with Crippen molar-refractivity contribution < 1.29 is 4.79 Å². The van der Waals surface area contributed by atoms with Crippen molar-refractivity contribution >= 4 is 17.7 Å². The maximum Gasteiger partial charge on any atom is 0.233 e. The zero-order chi connectivity index (χ0) is 16.2. The van der Waals surface area contributed by atoms with Crippen LogP contribution in [0.3, 0.4) is 0 Å². The molecule has 1 aromatic carbocycles. The summed E-state index contributed by atoms with van der Waals surface area (Å²) in [7, 11) is 0. The molecule has 2 aromatic rings. The van der Waals surface area contributed by atoms with Crippen LogP contribution in [0.15, 0.2) is 35.5 Å². The molecule has 0 bridgehead atoms. The van der Waals surface area contributed by atoms with E-state index in [2.05, 4.69) is 39.1 Å². The highest BCUT2D eigenvalue weighted by atomic mass is 32.2. The predicted octanol–water partition coefficient (Wildman–Crippen LogP) is 2.65. The number of carbonyl (C=O) groups excluding carboxylic acids is 1. The second kappa shape index (κ2) is 7.17. The largest absolute Gasteiger partial charge is 0.352 e. The Morgan fingerprint density at radius 3 is 2.74 bits per heavy atom. The molecule has 1 saturated carbocycles. The van der Waals surface area contributed by atoms with Gasteiger partial charge in [0, 0.05) is 19.0 Å². The molecule has 1 amide bonds. The van der Waals surface area contributed by atoms with Crippen molar-refractivity contribution in [3.05, 3.63) is 41.7 Å². The van der Waals surface area contributed by atoms with Gasteiger partial charge in [-0.25, -0.2) is 0 Å². The molecule has 1 heterocycles. The summed E-state index contributed by atoms with van der Waals surface area (Å²) in [5, 5.41) is 12.3. The highest BCUT2D eigenvalue weighted by molar-refractivity contribution is 8.00. The first-order valence-corrected chi connectivity index (χ1v) is 8.98. The summed E-state index contributed by atoms with van der Waals surface area (Å²) in [4.78, 5) is 12.1. The molecule has 0 unspecified atom stereocenters. The number of nitrogens with zero attached hydrogens (tertiary/aromatic N) is 3. The van der Waals surface area contributed by atoms with Crippen LogP contribution < -0.4 is 5.32 Å². The third-order valence-electron chi connectivity index (χ3n) is 3.89. The van der Waals surface area contributed by atoms with Crippen LogP contribution in [-0.4, -0.2) is 32.0 Å². The Morgan fingerprint density at radius 2 is 2.09 bits per heavy atom. The first-order chi connectivity index (χ1) is 11.2. The van der Waals surface area contributed by atoms with Crippen molar-refractivity contribution in [2.75, 3.05) is 0 Å². The van der Waals surface area contributed by atoms with Crippen LogP contribution in [-0.2, 0) is 17.8 Å². The van der Waals surface area contributed by atoms with Gasteiger partial charge in [-0.3, -0.25) is 4.79 Å². The molecule has 0 radical (unpaired) electrons. The molecule has 1 aliphatic rings. The Kier molecular flexibility index (Phi) is 5.00. The van der Waals surface area contributed by atoms with E-state index in [1.165, 1.54) is 17.3 Å². The lowest BCUT2D eigenvalue weighted by Gasteiger charge is -2.12. The number of carbonyl (C=O) groups is 1. The van der Waals surface area contributed by atoms with Crippen molar-refractivity contribution in [3.63, 3.8) is 0 Å². The van der Waals surface area contributed by atoms with Gasteiger partial charge in [0.05, 0.1) is 5.25 Å². The number of hydrogen-bond acceptors (Lipinski definition) is 4. The van der Waals surface area contributed by atoms with Crippen molar-refractivity contribution in [1.82, 2.24) is 20.1 Å². The predicted molar refractivity (Wildman–Crippen MR) is 91.4 cm³/mol. The van der Waals surface area contributed by atoms with E-state index in [0.29, 0.717) is 6.04 Å². The van der Waals surface area contributed by atoms with Crippen molar-refractivity contribution in [2.45, 2.75) is 56.1 Å². The zero-order valence-electron chi connectivity index (χ0n) is 13.5. The van der Waals surface area contributed by atoms with E-state index >= 15 is 0 Å². The van der Waals surface area contributed by atoms with Gasteiger partial charge in [-0.05, 0) is 32.3 Å². The average Bonchev–Trinajstić information content (AvgIpc) is 3.29. The topological polar surface area (TPSA) is 59.8 Å². The van der Waals surface area contributed by atoms with Gasteiger partial charge in [-0.15, -0.1) is 10.2 Å². The molecule has 0 spiro atoms. The number of amides is 1. The van der Waals surface area contributed by atoms with E-state index in [-0.39, 0.29) is 11.2 Å². The van der Waals surface area contributed by atoms with Gasteiger partial charge in [0.1, 0.15) is 5.82 Å². The van der Waals surface area contributed by atoms with Gasteiger partial charge < -0.3 is 9.88 Å². The minimum absolute atomic E-state index is 0.0905. The molecular formula is C17H22N4OS. The highest BCUT2D eigenvalue weighted by Crippen LogP contribution is 2.25. The van der Waals surface area contributed by atoms with Gasteiger partial charge in [-0.2, -0.15) is 0 Å². The molecule has 122 valence electrons. The van der Waals surface area contributed by atoms with E-state index in [0.717, 1.165) is 36.8 Å². The summed E-state index contributed by atoms with van der Waals surface area (Å²) >= 11 is 1.48.